The lowest BCUT2D eigenvalue weighted by Gasteiger charge is -2.29. The summed E-state index contributed by atoms with van der Waals surface area (Å²) < 4.78 is 33.0. The van der Waals surface area contributed by atoms with Crippen molar-refractivity contribution in [3.05, 3.63) is 41.5 Å². The molecule has 0 fully saturated rings. The quantitative estimate of drug-likeness (QED) is 0.255. The number of benzene rings is 2. The Morgan fingerprint density at radius 1 is 0.878 bits per heavy atom. The highest BCUT2D eigenvalue weighted by molar-refractivity contribution is 5.68. The molecule has 0 aliphatic heterocycles. The molecule has 0 radical (unpaired) electrons. The first-order valence-corrected chi connectivity index (χ1v) is 13.9. The summed E-state index contributed by atoms with van der Waals surface area (Å²) in [6, 6.07) is 11.8. The van der Waals surface area contributed by atoms with Crippen LogP contribution in [-0.4, -0.2) is 53.3 Å². The molecule has 0 aliphatic carbocycles. The number of alkyl carbamates (subject to hydrolysis) is 1. The Labute approximate surface area is 245 Å². The Bertz CT molecular complexity index is 1160. The van der Waals surface area contributed by atoms with Crippen LogP contribution in [0, 0.1) is 11.3 Å². The number of amides is 1. The topological polar surface area (TPSA) is 108 Å². The van der Waals surface area contributed by atoms with Gasteiger partial charge in [-0.3, -0.25) is 0 Å². The molecule has 2 rings (SSSR count). The molecular formula is C32H46N2O7. The third-order valence-electron chi connectivity index (χ3n) is 6.91. The van der Waals surface area contributed by atoms with Crippen molar-refractivity contribution in [1.82, 2.24) is 5.32 Å². The molecule has 0 aromatic heterocycles. The molecular weight excluding hydrogens is 524 g/mol. The molecule has 0 bridgehead atoms. The van der Waals surface area contributed by atoms with E-state index in [1.807, 2.05) is 51.1 Å². The van der Waals surface area contributed by atoms with Gasteiger partial charge in [0.05, 0.1) is 47.0 Å². The summed E-state index contributed by atoms with van der Waals surface area (Å²) in [4.78, 5) is 12.8. The Balaban J connectivity index is 2.35. The third-order valence-corrected chi connectivity index (χ3v) is 6.91. The summed E-state index contributed by atoms with van der Waals surface area (Å²) >= 11 is 0. The number of hydrogen-bond acceptors (Lipinski definition) is 8. The predicted molar refractivity (Wildman–Crippen MR) is 159 cm³/mol. The number of nitrogens with one attached hydrogen (secondary N) is 1. The van der Waals surface area contributed by atoms with E-state index >= 15 is 0 Å². The third kappa shape index (κ3) is 9.10. The van der Waals surface area contributed by atoms with E-state index in [-0.39, 0.29) is 6.04 Å². The lowest BCUT2D eigenvalue weighted by molar-refractivity contribution is 0.0500. The molecule has 1 unspecified atom stereocenters. The van der Waals surface area contributed by atoms with Crippen LogP contribution >= 0.6 is 0 Å². The minimum atomic E-state index is -0.711. The van der Waals surface area contributed by atoms with Crippen molar-refractivity contribution in [2.24, 2.45) is 0 Å². The minimum absolute atomic E-state index is 0.268. The predicted octanol–water partition coefficient (Wildman–Crippen LogP) is 6.60. The summed E-state index contributed by atoms with van der Waals surface area (Å²) in [5, 5.41) is 13.5. The largest absolute Gasteiger partial charge is 0.493 e. The van der Waals surface area contributed by atoms with Gasteiger partial charge in [0.1, 0.15) is 5.60 Å². The molecule has 0 saturated carbocycles. The summed E-state index contributed by atoms with van der Waals surface area (Å²) in [5.74, 6) is 2.79. The molecule has 0 saturated heterocycles. The Kier molecular flexibility index (Phi) is 12.4. The van der Waals surface area contributed by atoms with Crippen LogP contribution in [0.3, 0.4) is 0 Å². The van der Waals surface area contributed by atoms with Crippen LogP contribution in [0.2, 0.25) is 0 Å². The molecule has 9 heteroatoms. The summed E-state index contributed by atoms with van der Waals surface area (Å²) in [6.45, 7) is 7.56. The smallest absolute Gasteiger partial charge is 0.407 e. The molecule has 1 N–H and O–H groups in total. The maximum absolute atomic E-state index is 12.8. The lowest BCUT2D eigenvalue weighted by atomic mass is 9.74. The fourth-order valence-electron chi connectivity index (χ4n) is 5.04. The van der Waals surface area contributed by atoms with Gasteiger partial charge in [-0.25, -0.2) is 4.79 Å². The van der Waals surface area contributed by atoms with Gasteiger partial charge in [0.2, 0.25) is 5.75 Å². The highest BCUT2D eigenvalue weighted by atomic mass is 16.6. The van der Waals surface area contributed by atoms with E-state index in [4.69, 9.17) is 28.4 Å². The standard InChI is InChI=1S/C32H46N2O7/c1-10-15-32(21-33,23-13-14-25(36-5)26(20-23)37-6)16-11-12-24(34-30(35)41-31(2,3)4)17-22-18-27(38-7)29(40-9)28(19-22)39-8/h13-14,18-20,24H,10-12,15-17H2,1-9H3,(H,34,35)/t24-,32?/m0/s1. The van der Waals surface area contributed by atoms with Crippen molar-refractivity contribution < 1.29 is 33.2 Å². The number of rotatable bonds is 15. The molecule has 2 aromatic rings. The number of ether oxygens (including phenoxy) is 6. The van der Waals surface area contributed by atoms with Gasteiger partial charge in [0.25, 0.3) is 0 Å². The van der Waals surface area contributed by atoms with E-state index in [1.165, 1.54) is 0 Å². The second-order valence-electron chi connectivity index (χ2n) is 11.0. The summed E-state index contributed by atoms with van der Waals surface area (Å²) in [7, 11) is 7.88. The average Bonchev–Trinajstić information content (AvgIpc) is 2.94. The van der Waals surface area contributed by atoms with E-state index in [1.54, 1.807) is 35.5 Å². The van der Waals surface area contributed by atoms with Crippen LogP contribution in [-0.2, 0) is 16.6 Å². The lowest BCUT2D eigenvalue weighted by Crippen LogP contribution is -2.40. The van der Waals surface area contributed by atoms with Crippen LogP contribution in [0.4, 0.5) is 4.79 Å². The maximum Gasteiger partial charge on any atom is 0.407 e. The SMILES string of the molecule is CCCC(C#N)(CCC[C@@H](Cc1cc(OC)c(OC)c(OC)c1)NC(=O)OC(C)(C)C)c1ccc(OC)c(OC)c1. The molecule has 2 aromatic carbocycles. The number of carbonyl (C=O) groups is 1. The van der Waals surface area contributed by atoms with Gasteiger partial charge in [0.15, 0.2) is 23.0 Å². The molecule has 1 amide bonds. The van der Waals surface area contributed by atoms with Gasteiger partial charge in [-0.15, -0.1) is 0 Å². The number of hydrogen-bond donors (Lipinski definition) is 1. The van der Waals surface area contributed by atoms with Crippen LogP contribution in [0.15, 0.2) is 30.3 Å². The van der Waals surface area contributed by atoms with Gasteiger partial charge in [0, 0.05) is 6.04 Å². The zero-order valence-corrected chi connectivity index (χ0v) is 26.0. The van der Waals surface area contributed by atoms with E-state index in [0.29, 0.717) is 60.9 Å². The van der Waals surface area contributed by atoms with Crippen molar-refractivity contribution >= 4 is 6.09 Å². The van der Waals surface area contributed by atoms with Gasteiger partial charge in [-0.05, 0) is 88.3 Å². The first-order valence-electron chi connectivity index (χ1n) is 13.9. The second kappa shape index (κ2) is 15.3. The van der Waals surface area contributed by atoms with Crippen LogP contribution in [0.5, 0.6) is 28.7 Å². The van der Waals surface area contributed by atoms with Crippen molar-refractivity contribution in [3.8, 4) is 34.8 Å². The number of carbonyl (C=O) groups excluding carboxylic acids is 1. The minimum Gasteiger partial charge on any atom is -0.493 e. The Morgan fingerprint density at radius 3 is 1.98 bits per heavy atom. The number of methoxy groups -OCH3 is 5. The first kappa shape index (κ1) is 33.4. The van der Waals surface area contributed by atoms with Crippen LogP contribution in [0.1, 0.15) is 70.9 Å². The Morgan fingerprint density at radius 2 is 1.49 bits per heavy atom. The van der Waals surface area contributed by atoms with Gasteiger partial charge >= 0.3 is 6.09 Å². The zero-order valence-electron chi connectivity index (χ0n) is 26.0. The van der Waals surface area contributed by atoms with Gasteiger partial charge in [-0.1, -0.05) is 19.4 Å². The van der Waals surface area contributed by atoms with Gasteiger partial charge in [-0.2, -0.15) is 5.26 Å². The Hall–Kier alpha value is -3.80. The molecule has 41 heavy (non-hydrogen) atoms. The van der Waals surface area contributed by atoms with Gasteiger partial charge < -0.3 is 33.7 Å². The highest BCUT2D eigenvalue weighted by Crippen LogP contribution is 2.40. The maximum atomic E-state index is 12.8. The molecule has 0 spiro atoms. The average molecular weight is 571 g/mol. The van der Waals surface area contributed by atoms with E-state index < -0.39 is 17.1 Å². The van der Waals surface area contributed by atoms with E-state index in [0.717, 1.165) is 17.5 Å². The normalized spacial score (nSPS) is 13.3. The molecule has 0 aliphatic rings. The monoisotopic (exact) mass is 570 g/mol. The van der Waals surface area contributed by atoms with Crippen LogP contribution in [0.25, 0.3) is 0 Å². The van der Waals surface area contributed by atoms with Crippen LogP contribution < -0.4 is 29.0 Å². The van der Waals surface area contributed by atoms with E-state index in [2.05, 4.69) is 18.3 Å². The van der Waals surface area contributed by atoms with Crippen molar-refractivity contribution in [2.75, 3.05) is 35.5 Å². The fraction of sp³-hybridized carbons (Fsp3) is 0.562. The number of nitrogens with zero attached hydrogens (tertiary/aromatic N) is 1. The van der Waals surface area contributed by atoms with Crippen molar-refractivity contribution in [1.29, 1.82) is 5.26 Å². The molecule has 226 valence electrons. The number of nitriles is 1. The summed E-state index contributed by atoms with van der Waals surface area (Å²) in [5.41, 5.74) is 0.449. The molecule has 9 nitrogen and oxygen atoms in total. The summed E-state index contributed by atoms with van der Waals surface area (Å²) in [6.07, 6.45) is 3.45. The van der Waals surface area contributed by atoms with Crippen molar-refractivity contribution in [2.45, 2.75) is 83.3 Å². The van der Waals surface area contributed by atoms with Crippen molar-refractivity contribution in [3.63, 3.8) is 0 Å². The molecule has 2 atom stereocenters. The van der Waals surface area contributed by atoms with E-state index in [9.17, 15) is 10.1 Å². The highest BCUT2D eigenvalue weighted by Gasteiger charge is 2.33. The second-order valence-corrected chi connectivity index (χ2v) is 11.0. The zero-order chi connectivity index (χ0) is 30.6. The molecule has 0 heterocycles. The first-order chi connectivity index (χ1) is 19.5. The fourth-order valence-corrected chi connectivity index (χ4v) is 5.04.